The summed E-state index contributed by atoms with van der Waals surface area (Å²) < 4.78 is 4.56. The van der Waals surface area contributed by atoms with Crippen LogP contribution in [-0.2, 0) is 19.1 Å². The Morgan fingerprint density at radius 1 is 1.19 bits per heavy atom. The van der Waals surface area contributed by atoms with Crippen LogP contribution >= 0.6 is 0 Å². The fraction of sp³-hybridized carbons (Fsp3) is 0.500. The molecule has 0 spiro atoms. The lowest BCUT2D eigenvalue weighted by atomic mass is 10.4. The number of aliphatic carboxylic acids is 1. The molecule has 0 rings (SSSR count). The zero-order chi connectivity index (χ0) is 12.6. The number of carboxylic acid groups (broad SMARTS) is 1. The van der Waals surface area contributed by atoms with E-state index in [2.05, 4.69) is 4.74 Å². The Balaban J connectivity index is 4.01. The van der Waals surface area contributed by atoms with Crippen molar-refractivity contribution in [1.82, 2.24) is 4.90 Å². The summed E-state index contributed by atoms with van der Waals surface area (Å²) in [6, 6.07) is 0. The van der Waals surface area contributed by atoms with Gasteiger partial charge in [-0.1, -0.05) is 0 Å². The third kappa shape index (κ3) is 5.79. The molecule has 0 aromatic rings. The SMILES string of the molecule is CCN(CC)C(=O)COC(=O)C=CC(=O)O. The molecule has 1 N–H and O–H groups in total. The number of amides is 1. The molecule has 0 heterocycles. The second kappa shape index (κ2) is 7.44. The molecule has 0 radical (unpaired) electrons. The van der Waals surface area contributed by atoms with Crippen LogP contribution in [0, 0.1) is 0 Å². The van der Waals surface area contributed by atoms with Gasteiger partial charge in [0.2, 0.25) is 0 Å². The van der Waals surface area contributed by atoms with Gasteiger partial charge < -0.3 is 14.7 Å². The van der Waals surface area contributed by atoms with Crippen LogP contribution < -0.4 is 0 Å². The average molecular weight is 229 g/mol. The molecular formula is C10H15NO5. The normalized spacial score (nSPS) is 10.1. The van der Waals surface area contributed by atoms with Crippen LogP contribution in [0.25, 0.3) is 0 Å². The van der Waals surface area contributed by atoms with E-state index in [0.29, 0.717) is 19.2 Å². The number of rotatable bonds is 6. The Hall–Kier alpha value is -1.85. The van der Waals surface area contributed by atoms with Gasteiger partial charge in [0.25, 0.3) is 5.91 Å². The maximum Gasteiger partial charge on any atom is 0.331 e. The number of esters is 1. The molecule has 0 bridgehead atoms. The van der Waals surface area contributed by atoms with Gasteiger partial charge in [-0.25, -0.2) is 9.59 Å². The van der Waals surface area contributed by atoms with E-state index < -0.39 is 11.9 Å². The molecule has 6 nitrogen and oxygen atoms in total. The van der Waals surface area contributed by atoms with Gasteiger partial charge in [0.1, 0.15) is 0 Å². The van der Waals surface area contributed by atoms with Crippen molar-refractivity contribution in [2.75, 3.05) is 19.7 Å². The molecule has 0 aliphatic carbocycles. The lowest BCUT2D eigenvalue weighted by molar-refractivity contribution is -0.148. The van der Waals surface area contributed by atoms with E-state index >= 15 is 0 Å². The largest absolute Gasteiger partial charge is 0.478 e. The Labute approximate surface area is 93.5 Å². The molecule has 0 aromatic heterocycles. The van der Waals surface area contributed by atoms with Crippen LogP contribution in [0.3, 0.4) is 0 Å². The molecule has 0 fully saturated rings. The van der Waals surface area contributed by atoms with Gasteiger partial charge in [0.05, 0.1) is 0 Å². The van der Waals surface area contributed by atoms with Gasteiger partial charge in [-0.3, -0.25) is 4.79 Å². The summed E-state index contributed by atoms with van der Waals surface area (Å²) in [5.41, 5.74) is 0. The highest BCUT2D eigenvalue weighted by atomic mass is 16.5. The summed E-state index contributed by atoms with van der Waals surface area (Å²) in [5, 5.41) is 8.23. The third-order valence-electron chi connectivity index (χ3n) is 1.82. The molecule has 6 heteroatoms. The second-order valence-corrected chi connectivity index (χ2v) is 2.85. The van der Waals surface area contributed by atoms with Crippen molar-refractivity contribution in [3.8, 4) is 0 Å². The number of nitrogens with zero attached hydrogens (tertiary/aromatic N) is 1. The molecular weight excluding hydrogens is 214 g/mol. The van der Waals surface area contributed by atoms with Gasteiger partial charge >= 0.3 is 11.9 Å². The quantitative estimate of drug-likeness (QED) is 0.513. The van der Waals surface area contributed by atoms with Gasteiger partial charge in [-0.05, 0) is 13.8 Å². The maximum absolute atomic E-state index is 11.4. The first-order valence-corrected chi connectivity index (χ1v) is 4.86. The zero-order valence-electron chi connectivity index (χ0n) is 9.30. The Morgan fingerprint density at radius 2 is 1.75 bits per heavy atom. The van der Waals surface area contributed by atoms with E-state index in [1.807, 2.05) is 13.8 Å². The highest BCUT2D eigenvalue weighted by Crippen LogP contribution is 1.91. The molecule has 0 atom stereocenters. The van der Waals surface area contributed by atoms with Crippen LogP contribution in [0.15, 0.2) is 12.2 Å². The third-order valence-corrected chi connectivity index (χ3v) is 1.82. The van der Waals surface area contributed by atoms with E-state index in [-0.39, 0.29) is 12.5 Å². The summed E-state index contributed by atoms with van der Waals surface area (Å²) in [7, 11) is 0. The molecule has 0 saturated heterocycles. The number of carboxylic acids is 1. The van der Waals surface area contributed by atoms with Crippen LogP contribution in [0.1, 0.15) is 13.8 Å². The first-order valence-electron chi connectivity index (χ1n) is 4.86. The number of likely N-dealkylation sites (N-methyl/N-ethyl adjacent to an activating group) is 1. The van der Waals surface area contributed by atoms with Gasteiger partial charge in [-0.2, -0.15) is 0 Å². The van der Waals surface area contributed by atoms with Crippen LogP contribution in [0.5, 0.6) is 0 Å². The van der Waals surface area contributed by atoms with Crippen molar-refractivity contribution >= 4 is 17.8 Å². The lowest BCUT2D eigenvalue weighted by Crippen LogP contribution is -2.34. The fourth-order valence-electron chi connectivity index (χ4n) is 0.988. The molecule has 0 saturated carbocycles. The standard InChI is InChI=1S/C10H15NO5/c1-3-11(4-2)8(12)7-16-10(15)6-5-9(13)14/h5-6H,3-4,7H2,1-2H3,(H,13,14). The van der Waals surface area contributed by atoms with E-state index in [1.54, 1.807) is 0 Å². The van der Waals surface area contributed by atoms with Gasteiger partial charge in [-0.15, -0.1) is 0 Å². The minimum absolute atomic E-state index is 0.304. The molecule has 16 heavy (non-hydrogen) atoms. The van der Waals surface area contributed by atoms with Crippen molar-refractivity contribution in [3.63, 3.8) is 0 Å². The average Bonchev–Trinajstić information content (AvgIpc) is 2.25. The number of hydrogen-bond donors (Lipinski definition) is 1. The van der Waals surface area contributed by atoms with Crippen molar-refractivity contribution < 1.29 is 24.2 Å². The molecule has 1 amide bonds. The van der Waals surface area contributed by atoms with E-state index in [4.69, 9.17) is 5.11 Å². The summed E-state index contributed by atoms with van der Waals surface area (Å²) in [6.45, 7) is 4.33. The minimum atomic E-state index is -1.24. The minimum Gasteiger partial charge on any atom is -0.478 e. The maximum atomic E-state index is 11.4. The molecule has 0 unspecified atom stereocenters. The first-order chi connectivity index (χ1) is 7.51. The summed E-state index contributed by atoms with van der Waals surface area (Å²) in [6.07, 6.45) is 1.42. The monoisotopic (exact) mass is 229 g/mol. The van der Waals surface area contributed by atoms with Gasteiger partial charge in [0, 0.05) is 25.2 Å². The van der Waals surface area contributed by atoms with Gasteiger partial charge in [0.15, 0.2) is 6.61 Å². The second-order valence-electron chi connectivity index (χ2n) is 2.85. The Bertz CT molecular complexity index is 294. The van der Waals surface area contributed by atoms with E-state index in [9.17, 15) is 14.4 Å². The zero-order valence-corrected chi connectivity index (χ0v) is 9.30. The van der Waals surface area contributed by atoms with Crippen LogP contribution in [0.4, 0.5) is 0 Å². The van der Waals surface area contributed by atoms with E-state index in [0.717, 1.165) is 6.08 Å². The molecule has 0 aliphatic rings. The van der Waals surface area contributed by atoms with Crippen molar-refractivity contribution in [2.45, 2.75) is 13.8 Å². The summed E-state index contributed by atoms with van der Waals surface area (Å²) in [4.78, 5) is 33.8. The molecule has 0 aliphatic heterocycles. The van der Waals surface area contributed by atoms with Crippen molar-refractivity contribution in [3.05, 3.63) is 12.2 Å². The van der Waals surface area contributed by atoms with Crippen LogP contribution in [0.2, 0.25) is 0 Å². The number of carbonyl (C=O) groups excluding carboxylic acids is 2. The lowest BCUT2D eigenvalue weighted by Gasteiger charge is -2.17. The Morgan fingerprint density at radius 3 is 2.19 bits per heavy atom. The first kappa shape index (κ1) is 14.2. The van der Waals surface area contributed by atoms with Crippen molar-refractivity contribution in [1.29, 1.82) is 0 Å². The summed E-state index contributed by atoms with van der Waals surface area (Å²) >= 11 is 0. The topological polar surface area (TPSA) is 83.9 Å². The molecule has 90 valence electrons. The van der Waals surface area contributed by atoms with Crippen molar-refractivity contribution in [2.24, 2.45) is 0 Å². The number of carbonyl (C=O) groups is 3. The predicted octanol–water partition coefficient (Wildman–Crippen LogP) is 0.0388. The van der Waals surface area contributed by atoms with E-state index in [1.165, 1.54) is 4.90 Å². The summed E-state index contributed by atoms with van der Waals surface area (Å²) in [5.74, 6) is -2.39. The highest BCUT2D eigenvalue weighted by Gasteiger charge is 2.11. The number of ether oxygens (including phenoxy) is 1. The van der Waals surface area contributed by atoms with Crippen LogP contribution in [-0.4, -0.2) is 47.5 Å². The molecule has 0 aromatic carbocycles. The fourth-order valence-corrected chi connectivity index (χ4v) is 0.988. The predicted molar refractivity (Wildman–Crippen MR) is 55.7 cm³/mol. The Kier molecular flexibility index (Phi) is 6.58. The smallest absolute Gasteiger partial charge is 0.331 e. The highest BCUT2D eigenvalue weighted by molar-refractivity contribution is 5.91. The number of hydrogen-bond acceptors (Lipinski definition) is 4.